The van der Waals surface area contributed by atoms with Gasteiger partial charge in [-0.2, -0.15) is 5.10 Å². The van der Waals surface area contributed by atoms with E-state index in [-0.39, 0.29) is 5.91 Å². The molecule has 5 heteroatoms. The van der Waals surface area contributed by atoms with Crippen molar-refractivity contribution in [2.45, 2.75) is 24.4 Å². The smallest absolute Gasteiger partial charge is 0.242 e. The maximum absolute atomic E-state index is 11.8. The highest BCUT2D eigenvalue weighted by molar-refractivity contribution is 5.89. The summed E-state index contributed by atoms with van der Waals surface area (Å²) in [5, 5.41) is 4.16. The van der Waals surface area contributed by atoms with Crippen molar-refractivity contribution in [2.24, 2.45) is 5.73 Å². The molecule has 1 saturated carbocycles. The van der Waals surface area contributed by atoms with Crippen LogP contribution in [-0.2, 0) is 4.79 Å². The predicted octanol–water partition coefficient (Wildman–Crippen LogP) is -0.242. The van der Waals surface area contributed by atoms with Gasteiger partial charge in [0.05, 0.1) is 11.6 Å². The minimum Gasteiger partial charge on any atom is -0.337 e. The average molecular weight is 206 g/mol. The van der Waals surface area contributed by atoms with Gasteiger partial charge in [0.1, 0.15) is 0 Å². The first kappa shape index (κ1) is 8.91. The van der Waals surface area contributed by atoms with Crippen molar-refractivity contribution in [3.8, 4) is 0 Å². The maximum Gasteiger partial charge on any atom is 0.242 e. The highest BCUT2D eigenvalue weighted by atomic mass is 16.2. The third-order valence-electron chi connectivity index (χ3n) is 3.26. The Morgan fingerprint density at radius 3 is 2.73 bits per heavy atom. The Hall–Kier alpha value is -1.36. The summed E-state index contributed by atoms with van der Waals surface area (Å²) >= 11 is 0. The van der Waals surface area contributed by atoms with E-state index in [2.05, 4.69) is 5.10 Å². The number of amides is 1. The molecule has 2 aliphatic rings. The lowest BCUT2D eigenvalue weighted by Gasteiger charge is -2.40. The van der Waals surface area contributed by atoms with Crippen LogP contribution in [0.1, 0.15) is 18.9 Å². The van der Waals surface area contributed by atoms with E-state index in [0.717, 1.165) is 25.9 Å². The van der Waals surface area contributed by atoms with Gasteiger partial charge in [-0.1, -0.05) is 0 Å². The van der Waals surface area contributed by atoms with Crippen LogP contribution in [0.2, 0.25) is 0 Å². The van der Waals surface area contributed by atoms with E-state index in [9.17, 15) is 4.79 Å². The Labute approximate surface area is 87.8 Å². The second-order valence-electron chi connectivity index (χ2n) is 4.51. The lowest BCUT2D eigenvalue weighted by atomic mass is 10.1. The summed E-state index contributed by atoms with van der Waals surface area (Å²) in [5.41, 5.74) is 5.33. The third kappa shape index (κ3) is 1.34. The molecule has 1 saturated heterocycles. The van der Waals surface area contributed by atoms with E-state index < -0.39 is 5.54 Å². The Morgan fingerprint density at radius 2 is 2.20 bits per heavy atom. The van der Waals surface area contributed by atoms with Gasteiger partial charge in [0.15, 0.2) is 0 Å². The SMILES string of the molecule is NC1(C(=O)N2CC(n3cccn3)C2)CC1. The number of hydrogen-bond donors (Lipinski definition) is 1. The van der Waals surface area contributed by atoms with Gasteiger partial charge in [-0.3, -0.25) is 9.48 Å². The Balaban J connectivity index is 1.60. The summed E-state index contributed by atoms with van der Waals surface area (Å²) in [6.07, 6.45) is 5.38. The standard InChI is InChI=1S/C10H14N4O/c11-10(2-3-10)9(15)13-6-8(7-13)14-5-1-4-12-14/h1,4-5,8H,2-3,6-7,11H2. The highest BCUT2D eigenvalue weighted by Gasteiger charge is 2.50. The van der Waals surface area contributed by atoms with Gasteiger partial charge in [-0.15, -0.1) is 0 Å². The molecule has 1 aromatic rings. The molecule has 0 radical (unpaired) electrons. The lowest BCUT2D eigenvalue weighted by Crippen LogP contribution is -2.56. The molecule has 3 rings (SSSR count). The van der Waals surface area contributed by atoms with Crippen LogP contribution < -0.4 is 5.73 Å². The number of nitrogens with two attached hydrogens (primary N) is 1. The molecule has 1 aromatic heterocycles. The molecular formula is C10H14N4O. The van der Waals surface area contributed by atoms with E-state index in [1.54, 1.807) is 6.20 Å². The number of carbonyl (C=O) groups excluding carboxylic acids is 1. The van der Waals surface area contributed by atoms with Crippen LogP contribution in [0.4, 0.5) is 0 Å². The van der Waals surface area contributed by atoms with Gasteiger partial charge in [-0.05, 0) is 18.9 Å². The zero-order valence-corrected chi connectivity index (χ0v) is 8.47. The van der Waals surface area contributed by atoms with Crippen LogP contribution in [0.3, 0.4) is 0 Å². The molecule has 1 aliphatic heterocycles. The normalized spacial score (nSPS) is 23.7. The summed E-state index contributed by atoms with van der Waals surface area (Å²) in [7, 11) is 0. The minimum absolute atomic E-state index is 0.117. The van der Waals surface area contributed by atoms with Crippen LogP contribution in [0.5, 0.6) is 0 Å². The number of aromatic nitrogens is 2. The predicted molar refractivity (Wildman–Crippen MR) is 54.0 cm³/mol. The van der Waals surface area contributed by atoms with Crippen molar-refractivity contribution >= 4 is 5.91 Å². The Morgan fingerprint density at radius 1 is 1.47 bits per heavy atom. The number of carbonyl (C=O) groups is 1. The topological polar surface area (TPSA) is 64.2 Å². The van der Waals surface area contributed by atoms with Gasteiger partial charge in [0.2, 0.25) is 5.91 Å². The minimum atomic E-state index is -0.519. The van der Waals surface area contributed by atoms with E-state index in [1.165, 1.54) is 0 Å². The van der Waals surface area contributed by atoms with Crippen molar-refractivity contribution in [3.63, 3.8) is 0 Å². The summed E-state index contributed by atoms with van der Waals surface area (Å²) < 4.78 is 1.90. The fourth-order valence-electron chi connectivity index (χ4n) is 1.95. The molecule has 5 nitrogen and oxygen atoms in total. The van der Waals surface area contributed by atoms with Gasteiger partial charge in [0.25, 0.3) is 0 Å². The highest BCUT2D eigenvalue weighted by Crippen LogP contribution is 2.36. The second-order valence-corrected chi connectivity index (χ2v) is 4.51. The maximum atomic E-state index is 11.8. The Kier molecular flexibility index (Phi) is 1.68. The second kappa shape index (κ2) is 2.82. The van der Waals surface area contributed by atoms with E-state index in [0.29, 0.717) is 6.04 Å². The number of hydrogen-bond acceptors (Lipinski definition) is 3. The van der Waals surface area contributed by atoms with Crippen LogP contribution in [0.15, 0.2) is 18.5 Å². The van der Waals surface area contributed by atoms with Crippen molar-refractivity contribution in [1.82, 2.24) is 14.7 Å². The van der Waals surface area contributed by atoms with Crippen molar-refractivity contribution < 1.29 is 4.79 Å². The van der Waals surface area contributed by atoms with Crippen LogP contribution in [0, 0.1) is 0 Å². The Bertz CT molecular complexity index is 376. The first-order valence-electron chi connectivity index (χ1n) is 5.26. The average Bonchev–Trinajstić information content (AvgIpc) is 2.71. The first-order chi connectivity index (χ1) is 7.19. The molecule has 0 atom stereocenters. The molecule has 15 heavy (non-hydrogen) atoms. The van der Waals surface area contributed by atoms with Crippen LogP contribution in [-0.4, -0.2) is 39.2 Å². The third-order valence-corrected chi connectivity index (χ3v) is 3.26. The molecule has 2 heterocycles. The number of nitrogens with zero attached hydrogens (tertiary/aromatic N) is 3. The molecule has 1 aliphatic carbocycles. The molecule has 2 N–H and O–H groups in total. The molecule has 2 fully saturated rings. The van der Waals surface area contributed by atoms with Crippen LogP contribution in [0.25, 0.3) is 0 Å². The zero-order valence-electron chi connectivity index (χ0n) is 8.47. The summed E-state index contributed by atoms with van der Waals surface area (Å²) in [4.78, 5) is 13.6. The molecule has 0 unspecified atom stereocenters. The van der Waals surface area contributed by atoms with Crippen molar-refractivity contribution in [2.75, 3.05) is 13.1 Å². The molecule has 0 spiro atoms. The van der Waals surface area contributed by atoms with Gasteiger partial charge in [0, 0.05) is 25.5 Å². The van der Waals surface area contributed by atoms with Crippen LogP contribution >= 0.6 is 0 Å². The first-order valence-corrected chi connectivity index (χ1v) is 5.26. The monoisotopic (exact) mass is 206 g/mol. The number of likely N-dealkylation sites (tertiary alicyclic amines) is 1. The van der Waals surface area contributed by atoms with Crippen molar-refractivity contribution in [1.29, 1.82) is 0 Å². The van der Waals surface area contributed by atoms with E-state index in [4.69, 9.17) is 5.73 Å². The molecular weight excluding hydrogens is 192 g/mol. The van der Waals surface area contributed by atoms with Gasteiger partial charge in [-0.25, -0.2) is 0 Å². The summed E-state index contributed by atoms with van der Waals surface area (Å²) in [6, 6.07) is 2.24. The zero-order chi connectivity index (χ0) is 10.5. The van der Waals surface area contributed by atoms with Crippen molar-refractivity contribution in [3.05, 3.63) is 18.5 Å². The molecule has 1 amide bonds. The largest absolute Gasteiger partial charge is 0.337 e. The molecule has 0 bridgehead atoms. The quantitative estimate of drug-likeness (QED) is 0.726. The molecule has 80 valence electrons. The fraction of sp³-hybridized carbons (Fsp3) is 0.600. The fourth-order valence-corrected chi connectivity index (χ4v) is 1.95. The van der Waals surface area contributed by atoms with Gasteiger partial charge < -0.3 is 10.6 Å². The van der Waals surface area contributed by atoms with E-state index in [1.807, 2.05) is 21.8 Å². The molecule has 0 aromatic carbocycles. The lowest BCUT2D eigenvalue weighted by molar-refractivity contribution is -0.139. The summed E-state index contributed by atoms with van der Waals surface area (Å²) in [6.45, 7) is 1.50. The van der Waals surface area contributed by atoms with Gasteiger partial charge >= 0.3 is 0 Å². The number of rotatable bonds is 2. The summed E-state index contributed by atoms with van der Waals surface area (Å²) in [5.74, 6) is 0.117. The van der Waals surface area contributed by atoms with E-state index >= 15 is 0 Å².